The zero-order valence-electron chi connectivity index (χ0n) is 16.4. The van der Waals surface area contributed by atoms with Crippen LogP contribution >= 0.6 is 0 Å². The van der Waals surface area contributed by atoms with E-state index in [1.54, 1.807) is 0 Å². The molecule has 0 aliphatic rings. The Kier molecular flexibility index (Phi) is 8.96. The van der Waals surface area contributed by atoms with Gasteiger partial charge in [-0.2, -0.15) is 0 Å². The van der Waals surface area contributed by atoms with E-state index in [2.05, 4.69) is 68.6 Å². The van der Waals surface area contributed by atoms with Gasteiger partial charge in [0.2, 0.25) is 0 Å². The zero-order chi connectivity index (χ0) is 18.6. The van der Waals surface area contributed by atoms with Crippen LogP contribution in [0.1, 0.15) is 86.5 Å². The number of rotatable bonds is 12. The molecule has 0 N–H and O–H groups in total. The predicted octanol–water partition coefficient (Wildman–Crippen LogP) is 8.25. The maximum Gasteiger partial charge on any atom is 0.00893 e. The van der Waals surface area contributed by atoms with Crippen LogP contribution in [0.3, 0.4) is 0 Å². The third kappa shape index (κ3) is 6.33. The van der Waals surface area contributed by atoms with E-state index in [4.69, 9.17) is 0 Å². The number of unbranched alkanes of at least 4 members (excludes halogenated alkanes) is 6. The summed E-state index contributed by atoms with van der Waals surface area (Å²) in [5, 5.41) is 0. The van der Waals surface area contributed by atoms with E-state index >= 15 is 0 Å². The molecule has 0 heterocycles. The van der Waals surface area contributed by atoms with Crippen molar-refractivity contribution in [3.8, 4) is 0 Å². The average molecular weight is 347 g/mol. The Bertz CT molecular complexity index is 594. The third-order valence-electron chi connectivity index (χ3n) is 5.25. The van der Waals surface area contributed by atoms with Crippen molar-refractivity contribution in [3.05, 3.63) is 83.9 Å². The normalized spacial score (nSPS) is 10.8. The largest absolute Gasteiger partial charge is 0.0985 e. The molecule has 0 amide bonds. The molecule has 26 heavy (non-hydrogen) atoms. The van der Waals surface area contributed by atoms with Gasteiger partial charge in [0.15, 0.2) is 0 Å². The summed E-state index contributed by atoms with van der Waals surface area (Å²) in [7, 11) is 0. The highest BCUT2D eigenvalue weighted by molar-refractivity contribution is 5.50. The molecular weight excluding hydrogens is 312 g/mol. The Morgan fingerprint density at radius 2 is 1.08 bits per heavy atom. The summed E-state index contributed by atoms with van der Waals surface area (Å²) in [6.07, 6.45) is 14.5. The van der Waals surface area contributed by atoms with Gasteiger partial charge in [-0.15, -0.1) is 0 Å². The van der Waals surface area contributed by atoms with Gasteiger partial charge >= 0.3 is 0 Å². The molecule has 2 aromatic rings. The van der Waals surface area contributed by atoms with Crippen molar-refractivity contribution in [1.29, 1.82) is 0 Å². The molecular formula is C26H34. The number of hydrogen-bond donors (Lipinski definition) is 0. The molecule has 0 aliphatic carbocycles. The lowest BCUT2D eigenvalue weighted by molar-refractivity contribution is 0.559. The first-order valence-electron chi connectivity index (χ1n) is 10.2. The van der Waals surface area contributed by atoms with E-state index in [-0.39, 0.29) is 0 Å². The van der Waals surface area contributed by atoms with Crippen LogP contribution in [0.2, 0.25) is 0 Å². The Balaban J connectivity index is 2.02. The first-order chi connectivity index (χ1) is 12.8. The van der Waals surface area contributed by atoms with Crippen LogP contribution in [0.5, 0.6) is 0 Å². The minimum absolute atomic E-state index is 0.475. The van der Waals surface area contributed by atoms with Crippen molar-refractivity contribution < 1.29 is 0 Å². The van der Waals surface area contributed by atoms with Crippen molar-refractivity contribution in [2.24, 2.45) is 0 Å². The molecule has 0 bridgehead atoms. The summed E-state index contributed by atoms with van der Waals surface area (Å²) in [5.41, 5.74) is 5.19. The molecule has 0 saturated carbocycles. The predicted molar refractivity (Wildman–Crippen MR) is 118 cm³/mol. The quantitative estimate of drug-likeness (QED) is 0.339. The van der Waals surface area contributed by atoms with Crippen LogP contribution in [-0.2, 0) is 0 Å². The van der Waals surface area contributed by atoms with Crippen LogP contribution in [0.15, 0.2) is 61.7 Å². The molecule has 0 nitrogen and oxygen atoms in total. The second kappa shape index (κ2) is 11.5. The van der Waals surface area contributed by atoms with Gasteiger partial charge in [-0.1, -0.05) is 126 Å². The van der Waals surface area contributed by atoms with Crippen molar-refractivity contribution in [2.45, 2.75) is 64.2 Å². The summed E-state index contributed by atoms with van der Waals surface area (Å²) in [6.45, 7) is 10.0. The fraction of sp³-hybridized carbons (Fsp3) is 0.385. The Hall–Kier alpha value is -2.08. The smallest absolute Gasteiger partial charge is 0.00893 e. The first-order valence-corrected chi connectivity index (χ1v) is 10.2. The van der Waals surface area contributed by atoms with E-state index in [0.717, 1.165) is 0 Å². The van der Waals surface area contributed by atoms with Crippen LogP contribution in [0.4, 0.5) is 0 Å². The summed E-state index contributed by atoms with van der Waals surface area (Å²) in [4.78, 5) is 0. The molecule has 0 aliphatic heterocycles. The van der Waals surface area contributed by atoms with Crippen molar-refractivity contribution >= 4 is 12.2 Å². The van der Waals surface area contributed by atoms with Gasteiger partial charge in [-0.05, 0) is 28.7 Å². The van der Waals surface area contributed by atoms with Crippen molar-refractivity contribution in [3.63, 3.8) is 0 Å². The SMILES string of the molecule is C=Cc1ccc(C(CCCCCCCCC)c2ccc(C=C)cc2)cc1. The summed E-state index contributed by atoms with van der Waals surface area (Å²) < 4.78 is 0. The molecule has 138 valence electrons. The number of benzene rings is 2. The topological polar surface area (TPSA) is 0 Å². The maximum absolute atomic E-state index is 3.86. The second-order valence-electron chi connectivity index (χ2n) is 7.20. The lowest BCUT2D eigenvalue weighted by atomic mass is 9.86. The molecule has 0 saturated heterocycles. The van der Waals surface area contributed by atoms with Crippen LogP contribution in [0, 0.1) is 0 Å². The van der Waals surface area contributed by atoms with Gasteiger partial charge < -0.3 is 0 Å². The first kappa shape index (κ1) is 20.2. The van der Waals surface area contributed by atoms with E-state index in [0.29, 0.717) is 5.92 Å². The van der Waals surface area contributed by atoms with Crippen molar-refractivity contribution in [1.82, 2.24) is 0 Å². The summed E-state index contributed by atoms with van der Waals surface area (Å²) >= 11 is 0. The number of hydrogen-bond acceptors (Lipinski definition) is 0. The van der Waals surface area contributed by atoms with Gasteiger partial charge in [-0.3, -0.25) is 0 Å². The highest BCUT2D eigenvalue weighted by atomic mass is 14.2. The lowest BCUT2D eigenvalue weighted by Gasteiger charge is -2.19. The standard InChI is InChI=1S/C26H34/c1-4-7-8-9-10-11-12-13-26(24-18-14-22(5-2)15-19-24)25-20-16-23(6-3)17-21-25/h5-6,14-21,26H,2-4,7-13H2,1H3. The third-order valence-corrected chi connectivity index (χ3v) is 5.25. The molecule has 0 heteroatoms. The highest BCUT2D eigenvalue weighted by Gasteiger charge is 2.14. The fourth-order valence-electron chi connectivity index (χ4n) is 3.56. The Morgan fingerprint density at radius 1 is 0.654 bits per heavy atom. The second-order valence-corrected chi connectivity index (χ2v) is 7.20. The Morgan fingerprint density at radius 3 is 1.50 bits per heavy atom. The van der Waals surface area contributed by atoms with Crippen molar-refractivity contribution in [2.75, 3.05) is 0 Å². The summed E-state index contributed by atoms with van der Waals surface area (Å²) in [6, 6.07) is 17.8. The van der Waals surface area contributed by atoms with E-state index < -0.39 is 0 Å². The minimum Gasteiger partial charge on any atom is -0.0985 e. The molecule has 0 unspecified atom stereocenters. The molecule has 0 atom stereocenters. The molecule has 2 rings (SSSR count). The van der Waals surface area contributed by atoms with E-state index in [9.17, 15) is 0 Å². The van der Waals surface area contributed by atoms with Crippen LogP contribution < -0.4 is 0 Å². The average Bonchev–Trinajstić information content (AvgIpc) is 2.70. The maximum atomic E-state index is 3.86. The molecule has 0 spiro atoms. The Labute approximate surface area is 160 Å². The monoisotopic (exact) mass is 346 g/mol. The van der Waals surface area contributed by atoms with Crippen LogP contribution in [0.25, 0.3) is 12.2 Å². The van der Waals surface area contributed by atoms with E-state index in [1.165, 1.54) is 73.6 Å². The molecule has 2 aromatic carbocycles. The van der Waals surface area contributed by atoms with Gasteiger partial charge in [0, 0.05) is 5.92 Å². The highest BCUT2D eigenvalue weighted by Crippen LogP contribution is 2.31. The van der Waals surface area contributed by atoms with Crippen LogP contribution in [-0.4, -0.2) is 0 Å². The van der Waals surface area contributed by atoms with Gasteiger partial charge in [-0.25, -0.2) is 0 Å². The zero-order valence-corrected chi connectivity index (χ0v) is 16.4. The van der Waals surface area contributed by atoms with Gasteiger partial charge in [0.1, 0.15) is 0 Å². The van der Waals surface area contributed by atoms with Gasteiger partial charge in [0.05, 0.1) is 0 Å². The summed E-state index contributed by atoms with van der Waals surface area (Å²) in [5.74, 6) is 0.475. The fourth-order valence-corrected chi connectivity index (χ4v) is 3.56. The molecule has 0 aromatic heterocycles. The minimum atomic E-state index is 0.475. The molecule has 0 radical (unpaired) electrons. The lowest BCUT2D eigenvalue weighted by Crippen LogP contribution is -2.02. The molecule has 0 fully saturated rings. The van der Waals surface area contributed by atoms with Gasteiger partial charge in [0.25, 0.3) is 0 Å². The van der Waals surface area contributed by atoms with E-state index in [1.807, 2.05) is 12.2 Å².